The van der Waals surface area contributed by atoms with E-state index in [0.29, 0.717) is 6.04 Å². The second-order valence-corrected chi connectivity index (χ2v) is 9.04. The summed E-state index contributed by atoms with van der Waals surface area (Å²) in [7, 11) is 0. The summed E-state index contributed by atoms with van der Waals surface area (Å²) in [5.41, 5.74) is 1.32. The van der Waals surface area contributed by atoms with Crippen LogP contribution in [0.2, 0.25) is 0 Å². The molecule has 3 heterocycles. The maximum atomic E-state index is 4.72. The van der Waals surface area contributed by atoms with Gasteiger partial charge >= 0.3 is 0 Å². The summed E-state index contributed by atoms with van der Waals surface area (Å²) < 4.78 is 0. The fourth-order valence-electron chi connectivity index (χ4n) is 3.28. The Morgan fingerprint density at radius 1 is 1.16 bits per heavy atom. The fourth-order valence-corrected chi connectivity index (χ4v) is 4.28. The molecule has 0 spiro atoms. The van der Waals surface area contributed by atoms with Gasteiger partial charge < -0.3 is 5.32 Å². The van der Waals surface area contributed by atoms with Crippen LogP contribution in [0.25, 0.3) is 0 Å². The molecule has 0 radical (unpaired) electrons. The molecule has 5 heteroatoms. The first-order valence-electron chi connectivity index (χ1n) is 9.32. The molecular formula is C20H30N4S. The molecule has 0 amide bonds. The number of hydrogen-bond donors (Lipinski definition) is 1. The summed E-state index contributed by atoms with van der Waals surface area (Å²) in [6, 6.07) is 6.79. The number of pyridine rings is 1. The molecule has 1 atom stereocenters. The summed E-state index contributed by atoms with van der Waals surface area (Å²) >= 11 is 1.86. The molecule has 0 bridgehead atoms. The first-order valence-corrected chi connectivity index (χ1v) is 10.1. The molecule has 1 unspecified atom stereocenters. The minimum Gasteiger partial charge on any atom is -0.317 e. The van der Waals surface area contributed by atoms with E-state index in [9.17, 15) is 0 Å². The van der Waals surface area contributed by atoms with Gasteiger partial charge in [-0.15, -0.1) is 11.3 Å². The molecule has 1 fully saturated rings. The molecule has 136 valence electrons. The molecule has 2 aromatic rings. The Bertz CT molecular complexity index is 639. The number of nitrogens with one attached hydrogen (secondary N) is 1. The van der Waals surface area contributed by atoms with Gasteiger partial charge in [0.25, 0.3) is 0 Å². The van der Waals surface area contributed by atoms with Crippen molar-refractivity contribution >= 4 is 11.3 Å². The highest BCUT2D eigenvalue weighted by molar-refractivity contribution is 7.11. The third-order valence-corrected chi connectivity index (χ3v) is 6.19. The second-order valence-electron chi connectivity index (χ2n) is 7.93. The van der Waals surface area contributed by atoms with Gasteiger partial charge in [-0.25, -0.2) is 4.98 Å². The maximum absolute atomic E-state index is 4.72. The summed E-state index contributed by atoms with van der Waals surface area (Å²) in [4.78, 5) is 13.2. The Hall–Kier alpha value is -1.30. The lowest BCUT2D eigenvalue weighted by molar-refractivity contribution is 0.162. The Morgan fingerprint density at radius 3 is 2.76 bits per heavy atom. The first kappa shape index (κ1) is 18.5. The van der Waals surface area contributed by atoms with Crippen LogP contribution < -0.4 is 5.32 Å². The second kappa shape index (κ2) is 8.39. The van der Waals surface area contributed by atoms with Gasteiger partial charge in [0.1, 0.15) is 5.01 Å². The van der Waals surface area contributed by atoms with Gasteiger partial charge in [0.2, 0.25) is 0 Å². The van der Waals surface area contributed by atoms with E-state index in [1.54, 1.807) is 0 Å². The van der Waals surface area contributed by atoms with E-state index in [0.717, 1.165) is 31.9 Å². The van der Waals surface area contributed by atoms with Crippen LogP contribution in [-0.4, -0.2) is 34.0 Å². The summed E-state index contributed by atoms with van der Waals surface area (Å²) in [6.07, 6.45) is 7.65. The standard InChI is InChI=1S/C20H30N4S/c1-20(2,3)18-13-23-19(25-18)15-24(14-16-7-4-5-11-22-16)17-8-6-10-21-12-9-17/h4-5,7,11,13,17,21H,6,8-10,12,14-15H2,1-3H3. The fraction of sp³-hybridized carbons (Fsp3) is 0.600. The van der Waals surface area contributed by atoms with E-state index in [-0.39, 0.29) is 5.41 Å². The lowest BCUT2D eigenvalue weighted by Gasteiger charge is -2.30. The van der Waals surface area contributed by atoms with Gasteiger partial charge in [-0.3, -0.25) is 9.88 Å². The summed E-state index contributed by atoms with van der Waals surface area (Å²) in [6.45, 7) is 10.8. The van der Waals surface area contributed by atoms with Gasteiger partial charge in [0.05, 0.1) is 12.2 Å². The Labute approximate surface area is 155 Å². The molecule has 25 heavy (non-hydrogen) atoms. The van der Waals surface area contributed by atoms with Crippen LogP contribution >= 0.6 is 11.3 Å². The van der Waals surface area contributed by atoms with Gasteiger partial charge in [-0.2, -0.15) is 0 Å². The number of rotatable bonds is 5. The van der Waals surface area contributed by atoms with Crippen molar-refractivity contribution in [2.45, 2.75) is 64.6 Å². The molecule has 0 aromatic carbocycles. The Balaban J connectivity index is 1.76. The third kappa shape index (κ3) is 5.33. The van der Waals surface area contributed by atoms with Crippen molar-refractivity contribution in [3.05, 3.63) is 46.2 Å². The molecular weight excluding hydrogens is 328 g/mol. The molecule has 2 aromatic heterocycles. The molecule has 1 N–H and O–H groups in total. The van der Waals surface area contributed by atoms with Crippen LogP contribution in [0.4, 0.5) is 0 Å². The third-order valence-electron chi connectivity index (χ3n) is 4.78. The van der Waals surface area contributed by atoms with Crippen molar-refractivity contribution in [2.75, 3.05) is 13.1 Å². The average molecular weight is 359 g/mol. The van der Waals surface area contributed by atoms with Crippen molar-refractivity contribution in [1.82, 2.24) is 20.2 Å². The van der Waals surface area contributed by atoms with Crippen molar-refractivity contribution < 1.29 is 0 Å². The topological polar surface area (TPSA) is 41.1 Å². The highest BCUT2D eigenvalue weighted by Gasteiger charge is 2.23. The van der Waals surface area contributed by atoms with Gasteiger partial charge in [-0.05, 0) is 49.9 Å². The van der Waals surface area contributed by atoms with Crippen molar-refractivity contribution in [3.63, 3.8) is 0 Å². The average Bonchev–Trinajstić information content (AvgIpc) is 2.89. The number of aromatic nitrogens is 2. The smallest absolute Gasteiger partial charge is 0.107 e. The number of hydrogen-bond acceptors (Lipinski definition) is 5. The normalized spacial score (nSPS) is 19.1. The number of nitrogens with zero attached hydrogens (tertiary/aromatic N) is 3. The molecule has 1 aliphatic rings. The summed E-state index contributed by atoms with van der Waals surface area (Å²) in [5.74, 6) is 0. The van der Waals surface area contributed by atoms with E-state index in [1.165, 1.54) is 29.1 Å². The molecule has 3 rings (SSSR count). The van der Waals surface area contributed by atoms with E-state index in [2.05, 4.69) is 54.3 Å². The first-order chi connectivity index (χ1) is 12.0. The van der Waals surface area contributed by atoms with Crippen LogP contribution in [0, 0.1) is 0 Å². The zero-order valence-electron chi connectivity index (χ0n) is 15.7. The van der Waals surface area contributed by atoms with Crippen molar-refractivity contribution in [1.29, 1.82) is 0 Å². The Kier molecular flexibility index (Phi) is 6.20. The van der Waals surface area contributed by atoms with Gasteiger partial charge in [0, 0.05) is 29.9 Å². The zero-order valence-corrected chi connectivity index (χ0v) is 16.5. The summed E-state index contributed by atoms with van der Waals surface area (Å²) in [5, 5.41) is 4.75. The quantitative estimate of drug-likeness (QED) is 0.878. The molecule has 0 saturated carbocycles. The predicted octanol–water partition coefficient (Wildman–Crippen LogP) is 3.98. The van der Waals surface area contributed by atoms with Crippen LogP contribution in [0.3, 0.4) is 0 Å². The van der Waals surface area contributed by atoms with Crippen LogP contribution in [0.1, 0.15) is 55.6 Å². The van der Waals surface area contributed by atoms with Gasteiger partial charge in [-0.1, -0.05) is 26.8 Å². The SMILES string of the molecule is CC(C)(C)c1cnc(CN(Cc2ccccn2)C2CCCNCC2)s1. The zero-order chi connectivity index (χ0) is 17.7. The van der Waals surface area contributed by atoms with Crippen LogP contribution in [-0.2, 0) is 18.5 Å². The molecule has 1 aliphatic heterocycles. The van der Waals surface area contributed by atoms with Crippen LogP contribution in [0.15, 0.2) is 30.6 Å². The molecule has 0 aliphatic carbocycles. The van der Waals surface area contributed by atoms with Crippen molar-refractivity contribution in [3.8, 4) is 0 Å². The predicted molar refractivity (Wildman–Crippen MR) is 105 cm³/mol. The van der Waals surface area contributed by atoms with Gasteiger partial charge in [0.15, 0.2) is 0 Å². The largest absolute Gasteiger partial charge is 0.317 e. The van der Waals surface area contributed by atoms with E-state index >= 15 is 0 Å². The lowest BCUT2D eigenvalue weighted by Crippen LogP contribution is -2.35. The van der Waals surface area contributed by atoms with Crippen molar-refractivity contribution in [2.24, 2.45) is 0 Å². The highest BCUT2D eigenvalue weighted by Crippen LogP contribution is 2.29. The van der Waals surface area contributed by atoms with E-state index < -0.39 is 0 Å². The van der Waals surface area contributed by atoms with E-state index in [4.69, 9.17) is 4.98 Å². The minimum absolute atomic E-state index is 0.175. The monoisotopic (exact) mass is 358 g/mol. The van der Waals surface area contributed by atoms with Crippen LogP contribution in [0.5, 0.6) is 0 Å². The maximum Gasteiger partial charge on any atom is 0.107 e. The molecule has 4 nitrogen and oxygen atoms in total. The minimum atomic E-state index is 0.175. The lowest BCUT2D eigenvalue weighted by atomic mass is 9.96. The van der Waals surface area contributed by atoms with E-state index in [1.807, 2.05) is 23.6 Å². The Morgan fingerprint density at radius 2 is 2.04 bits per heavy atom. The number of thiazole rings is 1. The molecule has 1 saturated heterocycles. The highest BCUT2D eigenvalue weighted by atomic mass is 32.1.